The largest absolute Gasteiger partial charge is 0.333 e. The molecule has 1 amide bonds. The molecule has 0 bridgehead atoms. The van der Waals surface area contributed by atoms with E-state index in [0.29, 0.717) is 5.92 Å². The number of likely N-dealkylation sites (tertiary alicyclic amines) is 1. The summed E-state index contributed by atoms with van der Waals surface area (Å²) in [6, 6.07) is 3.75. The third-order valence-corrected chi connectivity index (χ3v) is 5.16. The number of amides is 1. The molecule has 1 aliphatic carbocycles. The van der Waals surface area contributed by atoms with Crippen LogP contribution in [-0.2, 0) is 4.79 Å². The van der Waals surface area contributed by atoms with Crippen molar-refractivity contribution in [1.29, 1.82) is 0 Å². The summed E-state index contributed by atoms with van der Waals surface area (Å²) < 4.78 is 1.91. The Kier molecular flexibility index (Phi) is 3.79. The van der Waals surface area contributed by atoms with Crippen LogP contribution < -0.4 is 5.73 Å². The van der Waals surface area contributed by atoms with Crippen LogP contribution in [0.2, 0.25) is 0 Å². The van der Waals surface area contributed by atoms with E-state index in [4.69, 9.17) is 15.8 Å². The summed E-state index contributed by atoms with van der Waals surface area (Å²) in [6.07, 6.45) is 5.56. The van der Waals surface area contributed by atoms with E-state index in [9.17, 15) is 4.79 Å². The zero-order valence-corrected chi connectivity index (χ0v) is 14.4. The normalized spacial score (nSPS) is 22.8. The Bertz CT molecular complexity index is 777. The summed E-state index contributed by atoms with van der Waals surface area (Å²) in [6.45, 7) is 4.59. The number of nitrogens with two attached hydrogens (primary N) is 1. The fraction of sp³-hybridized carbons (Fsp3) is 0.611. The molecule has 1 saturated heterocycles. The van der Waals surface area contributed by atoms with Crippen molar-refractivity contribution in [3.63, 3.8) is 0 Å². The average molecular weight is 327 g/mol. The number of hydrogen-bond acceptors (Lipinski definition) is 4. The third kappa shape index (κ3) is 2.69. The van der Waals surface area contributed by atoms with E-state index in [2.05, 4.69) is 19.1 Å². The molecule has 24 heavy (non-hydrogen) atoms. The van der Waals surface area contributed by atoms with Crippen molar-refractivity contribution in [2.24, 2.45) is 5.73 Å². The molecule has 1 aliphatic heterocycles. The number of carbonyl (C=O) groups is 1. The highest BCUT2D eigenvalue weighted by atomic mass is 16.2. The van der Waals surface area contributed by atoms with Gasteiger partial charge in [-0.2, -0.15) is 5.10 Å². The minimum Gasteiger partial charge on any atom is -0.333 e. The summed E-state index contributed by atoms with van der Waals surface area (Å²) in [4.78, 5) is 19.2. The van der Waals surface area contributed by atoms with Gasteiger partial charge >= 0.3 is 0 Å². The number of nitrogens with zero attached hydrogens (tertiary/aromatic N) is 4. The van der Waals surface area contributed by atoms with Crippen molar-refractivity contribution in [3.05, 3.63) is 29.2 Å². The Morgan fingerprint density at radius 1 is 1.25 bits per heavy atom. The number of carbonyl (C=O) groups excluding carboxylic acids is 1. The number of piperidine rings is 1. The Morgan fingerprint density at radius 2 is 2.04 bits per heavy atom. The molecule has 2 N–H and O–H groups in total. The molecule has 2 atom stereocenters. The zero-order chi connectivity index (χ0) is 16.8. The van der Waals surface area contributed by atoms with E-state index in [0.717, 1.165) is 42.8 Å². The summed E-state index contributed by atoms with van der Waals surface area (Å²) in [5.74, 6) is 0.637. The van der Waals surface area contributed by atoms with Crippen LogP contribution in [-0.4, -0.2) is 38.0 Å². The molecule has 6 nitrogen and oxygen atoms in total. The van der Waals surface area contributed by atoms with Crippen LogP contribution in [0, 0.1) is 6.92 Å². The summed E-state index contributed by atoms with van der Waals surface area (Å²) in [5.41, 5.74) is 9.95. The maximum absolute atomic E-state index is 12.5. The molecular formula is C18H25N5O. The average Bonchev–Trinajstić information content (AvgIpc) is 3.33. The fourth-order valence-electron chi connectivity index (χ4n) is 3.68. The van der Waals surface area contributed by atoms with Gasteiger partial charge in [0.1, 0.15) is 0 Å². The maximum Gasteiger partial charge on any atom is 0.239 e. The van der Waals surface area contributed by atoms with Crippen molar-refractivity contribution in [1.82, 2.24) is 19.5 Å². The standard InChI is InChI=1S/C18H25N5O/c1-11-9-14(13-6-7-13)20-17-10-15(21-23(11)17)16-5-3-4-8-22(16)18(24)12(2)19/h9-10,12-13,16H,3-8,19H2,1-2H3/t12?,16-/m0/s1. The molecule has 2 aliphatic rings. The van der Waals surface area contributed by atoms with Crippen LogP contribution in [0.15, 0.2) is 12.1 Å². The first-order chi connectivity index (χ1) is 11.5. The highest BCUT2D eigenvalue weighted by Crippen LogP contribution is 2.39. The van der Waals surface area contributed by atoms with Crippen LogP contribution in [0.3, 0.4) is 0 Å². The van der Waals surface area contributed by atoms with Gasteiger partial charge in [-0.15, -0.1) is 0 Å². The van der Waals surface area contributed by atoms with Crippen LogP contribution in [0.4, 0.5) is 0 Å². The molecule has 0 radical (unpaired) electrons. The lowest BCUT2D eigenvalue weighted by Gasteiger charge is -2.35. The zero-order valence-electron chi connectivity index (χ0n) is 14.4. The number of aryl methyl sites for hydroxylation is 1. The highest BCUT2D eigenvalue weighted by Gasteiger charge is 2.32. The van der Waals surface area contributed by atoms with Gasteiger partial charge in [0, 0.05) is 29.9 Å². The van der Waals surface area contributed by atoms with Gasteiger partial charge < -0.3 is 10.6 Å². The van der Waals surface area contributed by atoms with Crippen molar-refractivity contribution in [2.75, 3.05) is 6.54 Å². The Balaban J connectivity index is 1.71. The van der Waals surface area contributed by atoms with E-state index in [1.54, 1.807) is 6.92 Å². The van der Waals surface area contributed by atoms with Crippen LogP contribution in [0.5, 0.6) is 0 Å². The molecule has 2 aromatic heterocycles. The molecule has 6 heteroatoms. The van der Waals surface area contributed by atoms with Gasteiger partial charge in [-0.3, -0.25) is 4.79 Å². The van der Waals surface area contributed by atoms with E-state index >= 15 is 0 Å². The fourth-order valence-corrected chi connectivity index (χ4v) is 3.68. The van der Waals surface area contributed by atoms with Gasteiger partial charge in [-0.05, 0) is 52.0 Å². The van der Waals surface area contributed by atoms with Crippen molar-refractivity contribution in [3.8, 4) is 0 Å². The van der Waals surface area contributed by atoms with Crippen LogP contribution in [0.1, 0.15) is 68.1 Å². The first-order valence-electron chi connectivity index (χ1n) is 8.98. The van der Waals surface area contributed by atoms with Crippen LogP contribution in [0.25, 0.3) is 5.65 Å². The summed E-state index contributed by atoms with van der Waals surface area (Å²) >= 11 is 0. The van der Waals surface area contributed by atoms with Crippen molar-refractivity contribution in [2.45, 2.75) is 64.0 Å². The number of fused-ring (bicyclic) bond motifs is 1. The molecule has 2 fully saturated rings. The number of hydrogen-bond donors (Lipinski definition) is 1. The lowest BCUT2D eigenvalue weighted by atomic mass is 9.98. The molecule has 128 valence electrons. The SMILES string of the molecule is Cc1cc(C2CC2)nc2cc([C@@H]3CCCCN3C(=O)C(C)N)nn12. The number of aromatic nitrogens is 3. The molecule has 0 spiro atoms. The maximum atomic E-state index is 12.5. The first-order valence-corrected chi connectivity index (χ1v) is 8.98. The van der Waals surface area contributed by atoms with E-state index < -0.39 is 6.04 Å². The Hall–Kier alpha value is -1.95. The second-order valence-corrected chi connectivity index (χ2v) is 7.27. The molecular weight excluding hydrogens is 302 g/mol. The highest BCUT2D eigenvalue weighted by molar-refractivity contribution is 5.81. The molecule has 2 aromatic rings. The van der Waals surface area contributed by atoms with Gasteiger partial charge in [0.2, 0.25) is 5.91 Å². The van der Waals surface area contributed by atoms with Crippen LogP contribution >= 0.6 is 0 Å². The number of rotatable bonds is 3. The monoisotopic (exact) mass is 327 g/mol. The van der Waals surface area contributed by atoms with Gasteiger partial charge in [0.05, 0.1) is 17.8 Å². The van der Waals surface area contributed by atoms with Crippen molar-refractivity contribution >= 4 is 11.6 Å². The molecule has 0 aromatic carbocycles. The minimum absolute atomic E-state index is 0.0140. The lowest BCUT2D eigenvalue weighted by Crippen LogP contribution is -2.46. The summed E-state index contributed by atoms with van der Waals surface area (Å²) in [7, 11) is 0. The molecule has 4 rings (SSSR count). The second kappa shape index (κ2) is 5.84. The smallest absolute Gasteiger partial charge is 0.239 e. The Labute approximate surface area is 142 Å². The van der Waals surface area contributed by atoms with Gasteiger partial charge in [0.25, 0.3) is 0 Å². The van der Waals surface area contributed by atoms with Gasteiger partial charge in [0.15, 0.2) is 5.65 Å². The molecule has 1 saturated carbocycles. The minimum atomic E-state index is -0.469. The van der Waals surface area contributed by atoms with E-state index in [1.807, 2.05) is 9.42 Å². The first kappa shape index (κ1) is 15.6. The van der Waals surface area contributed by atoms with Crippen molar-refractivity contribution < 1.29 is 4.79 Å². The molecule has 1 unspecified atom stereocenters. The molecule has 3 heterocycles. The lowest BCUT2D eigenvalue weighted by molar-refractivity contribution is -0.136. The second-order valence-electron chi connectivity index (χ2n) is 7.27. The van der Waals surface area contributed by atoms with E-state index in [1.165, 1.54) is 18.5 Å². The van der Waals surface area contributed by atoms with Gasteiger partial charge in [-0.25, -0.2) is 9.50 Å². The topological polar surface area (TPSA) is 76.5 Å². The Morgan fingerprint density at radius 3 is 2.75 bits per heavy atom. The quantitative estimate of drug-likeness (QED) is 0.938. The third-order valence-electron chi connectivity index (χ3n) is 5.16. The van der Waals surface area contributed by atoms with Gasteiger partial charge in [-0.1, -0.05) is 0 Å². The predicted octanol–water partition coefficient (Wildman–Crippen LogP) is 2.32. The predicted molar refractivity (Wildman–Crippen MR) is 91.7 cm³/mol. The van der Waals surface area contributed by atoms with E-state index in [-0.39, 0.29) is 11.9 Å². The summed E-state index contributed by atoms with van der Waals surface area (Å²) in [5, 5.41) is 4.77.